The van der Waals surface area contributed by atoms with Crippen molar-refractivity contribution in [1.29, 1.82) is 0 Å². The highest BCUT2D eigenvalue weighted by Crippen LogP contribution is 2.27. The zero-order valence-electron chi connectivity index (χ0n) is 16.0. The quantitative estimate of drug-likeness (QED) is 0.587. The van der Waals surface area contributed by atoms with Crippen molar-refractivity contribution in [1.82, 2.24) is 9.97 Å². The molecule has 7 nitrogen and oxygen atoms in total. The fourth-order valence-corrected chi connectivity index (χ4v) is 2.68. The Hall–Kier alpha value is -3.61. The Balaban J connectivity index is 1.88. The van der Waals surface area contributed by atoms with Crippen LogP contribution in [0.15, 0.2) is 54.6 Å². The highest BCUT2D eigenvalue weighted by Gasteiger charge is 2.13. The molecule has 0 aliphatic heterocycles. The Kier molecular flexibility index (Phi) is 6.06. The van der Waals surface area contributed by atoms with E-state index in [1.165, 1.54) is 7.11 Å². The molecule has 1 heterocycles. The van der Waals surface area contributed by atoms with E-state index in [9.17, 15) is 4.79 Å². The van der Waals surface area contributed by atoms with Gasteiger partial charge >= 0.3 is 5.97 Å². The topological polar surface area (TPSA) is 85.4 Å². The molecule has 0 atom stereocenters. The number of anilines is 4. The van der Waals surface area contributed by atoms with Gasteiger partial charge in [-0.05, 0) is 38.1 Å². The summed E-state index contributed by atoms with van der Waals surface area (Å²) in [6, 6.07) is 16.5. The third-order valence-electron chi connectivity index (χ3n) is 3.88. The maximum absolute atomic E-state index is 12.0. The Labute approximate surface area is 163 Å². The summed E-state index contributed by atoms with van der Waals surface area (Å²) in [6.07, 6.45) is 0. The molecule has 2 N–H and O–H groups in total. The molecule has 28 heavy (non-hydrogen) atoms. The van der Waals surface area contributed by atoms with Crippen molar-refractivity contribution in [3.8, 4) is 5.75 Å². The van der Waals surface area contributed by atoms with Crippen molar-refractivity contribution in [2.45, 2.75) is 13.8 Å². The number of ether oxygens (including phenoxy) is 2. The van der Waals surface area contributed by atoms with Gasteiger partial charge in [0.1, 0.15) is 11.6 Å². The van der Waals surface area contributed by atoms with E-state index in [1.807, 2.05) is 44.2 Å². The smallest absolute Gasteiger partial charge is 0.339 e. The Morgan fingerprint density at radius 1 is 1.00 bits per heavy atom. The summed E-state index contributed by atoms with van der Waals surface area (Å²) in [5, 5.41) is 6.37. The fourth-order valence-electron chi connectivity index (χ4n) is 2.68. The minimum absolute atomic E-state index is 0.419. The molecule has 0 bridgehead atoms. The molecule has 0 saturated carbocycles. The fraction of sp³-hybridized carbons (Fsp3) is 0.190. The number of hydrogen-bond acceptors (Lipinski definition) is 7. The number of esters is 1. The van der Waals surface area contributed by atoms with Crippen LogP contribution in [-0.2, 0) is 4.74 Å². The minimum atomic E-state index is -0.419. The van der Waals surface area contributed by atoms with Crippen molar-refractivity contribution in [3.63, 3.8) is 0 Å². The van der Waals surface area contributed by atoms with Gasteiger partial charge in [0.15, 0.2) is 0 Å². The zero-order chi connectivity index (χ0) is 19.9. The first-order chi connectivity index (χ1) is 13.6. The average molecular weight is 378 g/mol. The lowest BCUT2D eigenvalue weighted by atomic mass is 10.2. The third kappa shape index (κ3) is 4.56. The van der Waals surface area contributed by atoms with Gasteiger partial charge < -0.3 is 20.1 Å². The lowest BCUT2D eigenvalue weighted by molar-refractivity contribution is 0.0602. The number of nitrogens with one attached hydrogen (secondary N) is 2. The van der Waals surface area contributed by atoms with Gasteiger partial charge in [-0.3, -0.25) is 0 Å². The summed E-state index contributed by atoms with van der Waals surface area (Å²) in [5.74, 6) is 1.28. The van der Waals surface area contributed by atoms with E-state index in [0.717, 1.165) is 17.1 Å². The van der Waals surface area contributed by atoms with E-state index >= 15 is 0 Å². The molecule has 0 radical (unpaired) electrons. The number of hydrogen-bond donors (Lipinski definition) is 2. The van der Waals surface area contributed by atoms with Gasteiger partial charge in [0.05, 0.1) is 30.7 Å². The number of aryl methyl sites for hydroxylation is 1. The average Bonchev–Trinajstić information content (AvgIpc) is 2.69. The SMILES string of the molecule is CCOc1ccccc1Nc1nc(C)cc(Nc2ccccc2C(=O)OC)n1. The van der Waals surface area contributed by atoms with Gasteiger partial charge in [-0.15, -0.1) is 0 Å². The molecule has 1 aromatic heterocycles. The van der Waals surface area contributed by atoms with E-state index in [-0.39, 0.29) is 0 Å². The predicted molar refractivity (Wildman–Crippen MR) is 109 cm³/mol. The molecule has 0 spiro atoms. The minimum Gasteiger partial charge on any atom is -0.492 e. The number of nitrogens with zero attached hydrogens (tertiary/aromatic N) is 2. The largest absolute Gasteiger partial charge is 0.492 e. The first-order valence-corrected chi connectivity index (χ1v) is 8.89. The van der Waals surface area contributed by atoms with Crippen molar-refractivity contribution in [3.05, 3.63) is 65.9 Å². The van der Waals surface area contributed by atoms with E-state index in [1.54, 1.807) is 24.3 Å². The van der Waals surface area contributed by atoms with Crippen molar-refractivity contribution in [2.24, 2.45) is 0 Å². The summed E-state index contributed by atoms with van der Waals surface area (Å²) >= 11 is 0. The second-order valence-corrected chi connectivity index (χ2v) is 5.93. The molecular weight excluding hydrogens is 356 g/mol. The van der Waals surface area contributed by atoms with Crippen LogP contribution in [0.3, 0.4) is 0 Å². The number of benzene rings is 2. The summed E-state index contributed by atoms with van der Waals surface area (Å²) in [6.45, 7) is 4.36. The van der Waals surface area contributed by atoms with E-state index < -0.39 is 5.97 Å². The molecular formula is C21H22N4O3. The van der Waals surface area contributed by atoms with Crippen LogP contribution in [0.25, 0.3) is 0 Å². The highest BCUT2D eigenvalue weighted by atomic mass is 16.5. The van der Waals surface area contributed by atoms with Crippen LogP contribution >= 0.6 is 0 Å². The second kappa shape index (κ2) is 8.85. The van der Waals surface area contributed by atoms with Crippen LogP contribution in [0.2, 0.25) is 0 Å². The van der Waals surface area contributed by atoms with Crippen LogP contribution < -0.4 is 15.4 Å². The molecule has 0 aliphatic rings. The number of carbonyl (C=O) groups is 1. The molecule has 3 aromatic rings. The summed E-state index contributed by atoms with van der Waals surface area (Å²) < 4.78 is 10.5. The van der Waals surface area contributed by atoms with Crippen molar-refractivity contribution < 1.29 is 14.3 Å². The highest BCUT2D eigenvalue weighted by molar-refractivity contribution is 5.96. The first kappa shape index (κ1) is 19.2. The lowest BCUT2D eigenvalue weighted by Crippen LogP contribution is -2.07. The number of methoxy groups -OCH3 is 1. The first-order valence-electron chi connectivity index (χ1n) is 8.89. The van der Waals surface area contributed by atoms with E-state index in [2.05, 4.69) is 20.6 Å². The van der Waals surface area contributed by atoms with Gasteiger partial charge in [-0.25, -0.2) is 9.78 Å². The zero-order valence-corrected chi connectivity index (χ0v) is 16.0. The van der Waals surface area contributed by atoms with E-state index in [4.69, 9.17) is 9.47 Å². The molecule has 3 rings (SSSR count). The molecule has 0 unspecified atom stereocenters. The van der Waals surface area contributed by atoms with Gasteiger partial charge in [0.2, 0.25) is 5.95 Å². The van der Waals surface area contributed by atoms with Gasteiger partial charge in [-0.2, -0.15) is 4.98 Å². The summed E-state index contributed by atoms with van der Waals surface area (Å²) in [5.41, 5.74) is 2.57. The van der Waals surface area contributed by atoms with E-state index in [0.29, 0.717) is 29.6 Å². The van der Waals surface area contributed by atoms with Crippen molar-refractivity contribution >= 4 is 29.1 Å². The van der Waals surface area contributed by atoms with Crippen LogP contribution in [0.4, 0.5) is 23.1 Å². The number of rotatable bonds is 7. The second-order valence-electron chi connectivity index (χ2n) is 5.93. The number of para-hydroxylation sites is 3. The predicted octanol–water partition coefficient (Wildman–Crippen LogP) is 4.46. The van der Waals surface area contributed by atoms with Gasteiger partial charge in [-0.1, -0.05) is 24.3 Å². The van der Waals surface area contributed by atoms with Gasteiger partial charge in [0.25, 0.3) is 0 Å². The normalized spacial score (nSPS) is 10.2. The molecule has 0 amide bonds. The van der Waals surface area contributed by atoms with Crippen LogP contribution in [-0.4, -0.2) is 29.7 Å². The number of carbonyl (C=O) groups excluding carboxylic acids is 1. The van der Waals surface area contributed by atoms with Crippen molar-refractivity contribution in [2.75, 3.05) is 24.4 Å². The monoisotopic (exact) mass is 378 g/mol. The maximum Gasteiger partial charge on any atom is 0.339 e. The molecule has 0 fully saturated rings. The van der Waals surface area contributed by atoms with Crippen LogP contribution in [0.1, 0.15) is 23.0 Å². The van der Waals surface area contributed by atoms with Crippen LogP contribution in [0.5, 0.6) is 5.75 Å². The molecule has 144 valence electrons. The standard InChI is InChI=1S/C21H22N4O3/c1-4-28-18-12-8-7-11-17(18)24-21-22-14(2)13-19(25-21)23-16-10-6-5-9-15(16)20(26)27-3/h5-13H,4H2,1-3H3,(H2,22,23,24,25). The Bertz CT molecular complexity index is 975. The Morgan fingerprint density at radius 3 is 2.46 bits per heavy atom. The van der Waals surface area contributed by atoms with Gasteiger partial charge in [0, 0.05) is 11.8 Å². The summed E-state index contributed by atoms with van der Waals surface area (Å²) in [7, 11) is 1.35. The van der Waals surface area contributed by atoms with Crippen LogP contribution in [0, 0.1) is 6.92 Å². The lowest BCUT2D eigenvalue weighted by Gasteiger charge is -2.14. The third-order valence-corrected chi connectivity index (χ3v) is 3.88. The maximum atomic E-state index is 12.0. The number of aromatic nitrogens is 2. The molecule has 0 saturated heterocycles. The molecule has 7 heteroatoms. The molecule has 2 aromatic carbocycles. The Morgan fingerprint density at radius 2 is 1.71 bits per heavy atom. The summed E-state index contributed by atoms with van der Waals surface area (Å²) in [4.78, 5) is 20.9. The molecule has 0 aliphatic carbocycles.